The van der Waals surface area contributed by atoms with Crippen LogP contribution in [0.3, 0.4) is 0 Å². The molecule has 5 heteroatoms. The predicted octanol–water partition coefficient (Wildman–Crippen LogP) is 7.77. The minimum absolute atomic E-state index is 0.152. The number of fused-ring (bicyclic) bond motifs is 4. The third-order valence-electron chi connectivity index (χ3n) is 10.3. The normalized spacial score (nSPS) is 17.9. The summed E-state index contributed by atoms with van der Waals surface area (Å²) in [6.07, 6.45) is 8.44. The number of rotatable bonds is 3. The van der Waals surface area contributed by atoms with Gasteiger partial charge < -0.3 is 9.80 Å². The zero-order valence-electron chi connectivity index (χ0n) is 24.9. The molecule has 0 unspecified atom stereocenters. The minimum Gasteiger partial charge on any atom is -0.317 e. The second-order valence-corrected chi connectivity index (χ2v) is 13.0. The number of nitrogens with zero attached hydrogens (tertiary/aromatic N) is 4. The van der Waals surface area contributed by atoms with Crippen molar-refractivity contribution in [3.63, 3.8) is 0 Å². The van der Waals surface area contributed by atoms with Crippen LogP contribution < -0.4 is 31.1 Å². The summed E-state index contributed by atoms with van der Waals surface area (Å²) in [5.41, 5.74) is 13.0. The summed E-state index contributed by atoms with van der Waals surface area (Å²) < 4.78 is 0. The van der Waals surface area contributed by atoms with E-state index in [-0.39, 0.29) is 12.4 Å². The molecule has 4 nitrogen and oxygen atoms in total. The minimum atomic E-state index is -0.309. The lowest BCUT2D eigenvalue weighted by molar-refractivity contribution is 0.443. The molecule has 1 aromatic heterocycles. The van der Waals surface area contributed by atoms with Crippen LogP contribution in [0.2, 0.25) is 0 Å². The Kier molecular flexibility index (Phi) is 5.38. The second kappa shape index (κ2) is 9.25. The van der Waals surface area contributed by atoms with Gasteiger partial charge in [-0.05, 0) is 103 Å². The lowest BCUT2D eigenvalue weighted by Gasteiger charge is -2.47. The molecule has 0 amide bonds. The lowest BCUT2D eigenvalue weighted by Crippen LogP contribution is -2.63. The Hall–Kier alpha value is -4.51. The van der Waals surface area contributed by atoms with E-state index in [1.165, 1.54) is 88.2 Å². The third kappa shape index (κ3) is 3.48. The van der Waals surface area contributed by atoms with Gasteiger partial charge in [-0.2, -0.15) is 0 Å². The summed E-state index contributed by atoms with van der Waals surface area (Å²) in [5.74, 6) is 1.56. The van der Waals surface area contributed by atoms with Crippen molar-refractivity contribution in [2.24, 2.45) is 0 Å². The van der Waals surface area contributed by atoms with Gasteiger partial charge in [-0.25, -0.2) is 4.98 Å². The SMILES string of the molecule is CC1(C)N(c2ccccc2)c2cccc3c2N1c1cc(C2CCCCC2)cc2c1B3c1ccccc1N2c1ccccn1. The quantitative estimate of drug-likeness (QED) is 0.207. The van der Waals surface area contributed by atoms with Crippen molar-refractivity contribution in [3.8, 4) is 0 Å². The van der Waals surface area contributed by atoms with Crippen molar-refractivity contribution in [3.05, 3.63) is 115 Å². The Morgan fingerprint density at radius 2 is 1.40 bits per heavy atom. The maximum absolute atomic E-state index is 4.92. The Morgan fingerprint density at radius 3 is 2.21 bits per heavy atom. The van der Waals surface area contributed by atoms with Crippen molar-refractivity contribution >= 4 is 63.0 Å². The van der Waals surface area contributed by atoms with Crippen LogP contribution in [-0.2, 0) is 0 Å². The summed E-state index contributed by atoms with van der Waals surface area (Å²) in [4.78, 5) is 12.6. The molecule has 4 heterocycles. The van der Waals surface area contributed by atoms with Gasteiger partial charge in [-0.1, -0.05) is 73.9 Å². The number of pyridine rings is 1. The summed E-state index contributed by atoms with van der Waals surface area (Å²) in [5, 5.41) is 0. The molecule has 0 atom stereocenters. The molecule has 1 saturated carbocycles. The number of anilines is 7. The number of para-hydroxylation sites is 3. The Balaban J connectivity index is 1.38. The van der Waals surface area contributed by atoms with Crippen LogP contribution in [0.5, 0.6) is 0 Å². The van der Waals surface area contributed by atoms with Crippen LogP contribution in [0.1, 0.15) is 57.4 Å². The number of hydrogen-bond donors (Lipinski definition) is 0. The molecule has 210 valence electrons. The first-order chi connectivity index (χ1) is 21.1. The molecule has 3 aliphatic heterocycles. The smallest absolute Gasteiger partial charge is 0.252 e. The molecule has 5 aromatic rings. The number of hydrogen-bond acceptors (Lipinski definition) is 4. The van der Waals surface area contributed by atoms with Crippen molar-refractivity contribution in [1.82, 2.24) is 4.98 Å². The molecule has 43 heavy (non-hydrogen) atoms. The summed E-state index contributed by atoms with van der Waals surface area (Å²) in [6.45, 7) is 4.92. The van der Waals surface area contributed by atoms with Gasteiger partial charge in [0.15, 0.2) is 0 Å². The monoisotopic (exact) mass is 558 g/mol. The molecular weight excluding hydrogens is 523 g/mol. The summed E-state index contributed by atoms with van der Waals surface area (Å²) in [6, 6.07) is 38.2. The van der Waals surface area contributed by atoms with Crippen LogP contribution in [0.25, 0.3) is 0 Å². The fraction of sp³-hybridized carbons (Fsp3) is 0.237. The molecule has 4 aliphatic rings. The fourth-order valence-corrected chi connectivity index (χ4v) is 8.58. The van der Waals surface area contributed by atoms with Gasteiger partial charge in [0.1, 0.15) is 11.5 Å². The van der Waals surface area contributed by atoms with Crippen LogP contribution >= 0.6 is 0 Å². The largest absolute Gasteiger partial charge is 0.317 e. The van der Waals surface area contributed by atoms with E-state index in [4.69, 9.17) is 4.98 Å². The topological polar surface area (TPSA) is 22.6 Å². The molecule has 1 fully saturated rings. The first kappa shape index (κ1) is 25.0. The molecule has 0 bridgehead atoms. The Labute approximate surface area is 254 Å². The highest BCUT2D eigenvalue weighted by atomic mass is 15.5. The van der Waals surface area contributed by atoms with Gasteiger partial charge in [0, 0.05) is 28.9 Å². The second-order valence-electron chi connectivity index (χ2n) is 13.0. The summed E-state index contributed by atoms with van der Waals surface area (Å²) in [7, 11) is 0. The zero-order valence-corrected chi connectivity index (χ0v) is 24.9. The molecule has 0 spiro atoms. The van der Waals surface area contributed by atoms with Crippen LogP contribution in [0.15, 0.2) is 109 Å². The maximum atomic E-state index is 4.92. The van der Waals surface area contributed by atoms with Crippen molar-refractivity contribution in [1.29, 1.82) is 0 Å². The van der Waals surface area contributed by atoms with Gasteiger partial charge in [-0.15, -0.1) is 0 Å². The van der Waals surface area contributed by atoms with E-state index in [0.29, 0.717) is 5.92 Å². The number of benzene rings is 4. The molecule has 4 aromatic carbocycles. The van der Waals surface area contributed by atoms with E-state index in [1.54, 1.807) is 0 Å². The average Bonchev–Trinajstić information content (AvgIpc) is 3.30. The van der Waals surface area contributed by atoms with E-state index in [2.05, 4.69) is 126 Å². The van der Waals surface area contributed by atoms with E-state index >= 15 is 0 Å². The highest BCUT2D eigenvalue weighted by Gasteiger charge is 2.53. The first-order valence-electron chi connectivity index (χ1n) is 15.9. The van der Waals surface area contributed by atoms with Gasteiger partial charge in [0.05, 0.1) is 11.4 Å². The van der Waals surface area contributed by atoms with E-state index < -0.39 is 0 Å². The number of aromatic nitrogens is 1. The molecule has 0 N–H and O–H groups in total. The average molecular weight is 559 g/mol. The first-order valence-corrected chi connectivity index (χ1v) is 15.9. The van der Waals surface area contributed by atoms with Crippen molar-refractivity contribution < 1.29 is 0 Å². The third-order valence-corrected chi connectivity index (χ3v) is 10.3. The van der Waals surface area contributed by atoms with E-state index in [1.807, 2.05) is 12.3 Å². The molecular formula is C38H35BN4. The summed E-state index contributed by atoms with van der Waals surface area (Å²) >= 11 is 0. The molecule has 0 radical (unpaired) electrons. The van der Waals surface area contributed by atoms with Crippen molar-refractivity contribution in [2.75, 3.05) is 14.7 Å². The predicted molar refractivity (Wildman–Crippen MR) is 181 cm³/mol. The van der Waals surface area contributed by atoms with Crippen molar-refractivity contribution in [2.45, 2.75) is 57.5 Å². The zero-order chi connectivity index (χ0) is 28.7. The Morgan fingerprint density at radius 1 is 0.674 bits per heavy atom. The lowest BCUT2D eigenvalue weighted by atomic mass is 9.33. The highest BCUT2D eigenvalue weighted by molar-refractivity contribution is 7.00. The van der Waals surface area contributed by atoms with Gasteiger partial charge >= 0.3 is 0 Å². The Bertz CT molecular complexity index is 1860. The van der Waals surface area contributed by atoms with Gasteiger partial charge in [-0.3, -0.25) is 4.90 Å². The van der Waals surface area contributed by atoms with Gasteiger partial charge in [0.25, 0.3) is 6.71 Å². The maximum Gasteiger partial charge on any atom is 0.252 e. The van der Waals surface area contributed by atoms with Gasteiger partial charge in [0.2, 0.25) is 0 Å². The van der Waals surface area contributed by atoms with Crippen LogP contribution in [0.4, 0.5) is 39.9 Å². The fourth-order valence-electron chi connectivity index (χ4n) is 8.58. The molecule has 1 aliphatic carbocycles. The molecule has 0 saturated heterocycles. The standard InChI is InChI=1S/C38H35BN4/c1-38(2)42(28-16-7-4-8-17-28)32-21-13-19-30-37(32)43(38)34-25-27(26-14-5-3-6-15-26)24-33-36(34)39(30)29-18-9-10-20-31(29)41(33)35-22-11-12-23-40-35/h4,7-13,16-26H,3,5-6,14-15H2,1-2H3. The van der Waals surface area contributed by atoms with E-state index in [0.717, 1.165) is 5.82 Å². The molecule has 9 rings (SSSR count). The van der Waals surface area contributed by atoms with E-state index in [9.17, 15) is 0 Å². The highest BCUT2D eigenvalue weighted by Crippen LogP contribution is 2.55. The van der Waals surface area contributed by atoms with Crippen LogP contribution in [-0.4, -0.2) is 17.4 Å². The van der Waals surface area contributed by atoms with Crippen LogP contribution in [0, 0.1) is 0 Å².